The van der Waals surface area contributed by atoms with Crippen LogP contribution in [0.1, 0.15) is 0 Å². The first kappa shape index (κ1) is 10.8. The molecule has 0 aliphatic carbocycles. The summed E-state index contributed by atoms with van der Waals surface area (Å²) in [6, 6.07) is 8.40. The van der Waals surface area contributed by atoms with Crippen LogP contribution < -0.4 is 22.6 Å². The van der Waals surface area contributed by atoms with E-state index in [1.165, 1.54) is 10.6 Å². The third-order valence-corrected chi connectivity index (χ3v) is 3.44. The molecule has 0 saturated heterocycles. The van der Waals surface area contributed by atoms with Crippen LogP contribution in [0.2, 0.25) is 0 Å². The number of nitrogens with two attached hydrogens (primary N) is 2. The van der Waals surface area contributed by atoms with Crippen molar-refractivity contribution >= 4 is 33.4 Å². The molecule has 0 amide bonds. The summed E-state index contributed by atoms with van der Waals surface area (Å²) in [6.45, 7) is 0. The minimum absolute atomic E-state index is 0.0830. The van der Waals surface area contributed by atoms with Crippen molar-refractivity contribution in [2.24, 2.45) is 0 Å². The summed E-state index contributed by atoms with van der Waals surface area (Å²) >= 11 is 0. The molecule has 4 N–H and O–H groups in total. The zero-order valence-electron chi connectivity index (χ0n) is 10.2. The standard InChI is InChI=1S/C13H9N5O2/c14-8-5-9(19)18-11-6-3-1-2-4-7(6)16-12(15)10(11)13(20)17(8)18/h1-5H,14H2,(H2,15,16). The van der Waals surface area contributed by atoms with E-state index >= 15 is 0 Å². The molecule has 98 valence electrons. The average molecular weight is 267 g/mol. The lowest BCUT2D eigenvalue weighted by atomic mass is 10.1. The summed E-state index contributed by atoms with van der Waals surface area (Å²) in [7, 11) is 0. The third kappa shape index (κ3) is 1.07. The molecule has 4 rings (SSSR count). The highest BCUT2D eigenvalue weighted by atomic mass is 16.2. The van der Waals surface area contributed by atoms with Gasteiger partial charge >= 0.3 is 0 Å². The van der Waals surface area contributed by atoms with E-state index in [0.717, 1.165) is 4.52 Å². The molecule has 0 spiro atoms. The number of hydrogen-bond acceptors (Lipinski definition) is 5. The molecule has 0 aliphatic rings. The molecule has 7 heteroatoms. The lowest BCUT2D eigenvalue weighted by Crippen LogP contribution is -2.15. The molecule has 1 aromatic carbocycles. The first-order chi connectivity index (χ1) is 9.59. The van der Waals surface area contributed by atoms with Crippen molar-refractivity contribution in [2.45, 2.75) is 0 Å². The van der Waals surface area contributed by atoms with E-state index in [2.05, 4.69) is 4.98 Å². The van der Waals surface area contributed by atoms with Crippen molar-refractivity contribution in [1.82, 2.24) is 14.0 Å². The second kappa shape index (κ2) is 3.27. The molecule has 0 bridgehead atoms. The fraction of sp³-hybridized carbons (Fsp3) is 0. The van der Waals surface area contributed by atoms with Gasteiger partial charge in [-0.15, -0.1) is 0 Å². The van der Waals surface area contributed by atoms with Crippen LogP contribution in [-0.4, -0.2) is 14.0 Å². The molecule has 0 saturated carbocycles. The summed E-state index contributed by atoms with van der Waals surface area (Å²) in [4.78, 5) is 28.6. The number of hydrogen-bond donors (Lipinski definition) is 2. The molecule has 0 unspecified atom stereocenters. The molecular formula is C13H9N5O2. The van der Waals surface area contributed by atoms with E-state index < -0.39 is 5.56 Å². The smallest absolute Gasteiger partial charge is 0.284 e. The Bertz CT molecular complexity index is 1110. The van der Waals surface area contributed by atoms with Gasteiger partial charge in [-0.3, -0.25) is 9.59 Å². The van der Waals surface area contributed by atoms with Gasteiger partial charge in [-0.2, -0.15) is 4.52 Å². The Kier molecular flexibility index (Phi) is 1.76. The third-order valence-electron chi connectivity index (χ3n) is 3.44. The predicted octanol–water partition coefficient (Wildman–Crippen LogP) is 0.0628. The van der Waals surface area contributed by atoms with Gasteiger partial charge in [0.2, 0.25) is 0 Å². The molecule has 0 fully saturated rings. The zero-order valence-corrected chi connectivity index (χ0v) is 10.2. The Morgan fingerprint density at radius 1 is 1.05 bits per heavy atom. The predicted molar refractivity (Wildman–Crippen MR) is 76.2 cm³/mol. The lowest BCUT2D eigenvalue weighted by Gasteiger charge is -2.01. The monoisotopic (exact) mass is 267 g/mol. The summed E-state index contributed by atoms with van der Waals surface area (Å²) in [5, 5.41) is 0.900. The first-order valence-electron chi connectivity index (χ1n) is 5.93. The Hall–Kier alpha value is -3.09. The van der Waals surface area contributed by atoms with Crippen LogP contribution in [0.25, 0.3) is 21.8 Å². The molecule has 20 heavy (non-hydrogen) atoms. The van der Waals surface area contributed by atoms with Crippen molar-refractivity contribution < 1.29 is 0 Å². The van der Waals surface area contributed by atoms with Crippen molar-refractivity contribution in [3.05, 3.63) is 51.0 Å². The van der Waals surface area contributed by atoms with Crippen molar-refractivity contribution in [2.75, 3.05) is 11.5 Å². The summed E-state index contributed by atoms with van der Waals surface area (Å²) in [6.07, 6.45) is 0. The van der Waals surface area contributed by atoms with Gasteiger partial charge in [-0.1, -0.05) is 18.2 Å². The van der Waals surface area contributed by atoms with Gasteiger partial charge in [0.1, 0.15) is 17.0 Å². The number of nitrogens with zero attached hydrogens (tertiary/aromatic N) is 3. The number of pyridine rings is 1. The molecule has 3 heterocycles. The van der Waals surface area contributed by atoms with Gasteiger partial charge in [0.15, 0.2) is 0 Å². The molecule has 3 aromatic heterocycles. The normalized spacial score (nSPS) is 11.8. The largest absolute Gasteiger partial charge is 0.383 e. The van der Waals surface area contributed by atoms with E-state index in [0.29, 0.717) is 16.4 Å². The molecular weight excluding hydrogens is 258 g/mol. The molecule has 0 atom stereocenters. The van der Waals surface area contributed by atoms with E-state index in [1.807, 2.05) is 12.1 Å². The number of anilines is 2. The highest BCUT2D eigenvalue weighted by molar-refractivity contribution is 6.07. The first-order valence-corrected chi connectivity index (χ1v) is 5.93. The number of fused-ring (bicyclic) bond motifs is 5. The second-order valence-corrected chi connectivity index (χ2v) is 4.57. The van der Waals surface area contributed by atoms with Gasteiger partial charge in [-0.05, 0) is 6.07 Å². The Balaban J connectivity index is 2.54. The van der Waals surface area contributed by atoms with Crippen LogP contribution >= 0.6 is 0 Å². The quantitative estimate of drug-likeness (QED) is 0.468. The fourth-order valence-electron chi connectivity index (χ4n) is 2.63. The fourth-order valence-corrected chi connectivity index (χ4v) is 2.63. The van der Waals surface area contributed by atoms with E-state index in [4.69, 9.17) is 11.5 Å². The van der Waals surface area contributed by atoms with E-state index in [9.17, 15) is 9.59 Å². The van der Waals surface area contributed by atoms with Crippen molar-refractivity contribution in [3.63, 3.8) is 0 Å². The van der Waals surface area contributed by atoms with Crippen LogP contribution in [0.5, 0.6) is 0 Å². The van der Waals surface area contributed by atoms with Gasteiger partial charge in [0.25, 0.3) is 11.1 Å². The van der Waals surface area contributed by atoms with Gasteiger partial charge in [-0.25, -0.2) is 9.50 Å². The second-order valence-electron chi connectivity index (χ2n) is 4.57. The lowest BCUT2D eigenvalue weighted by molar-refractivity contribution is 0.838. The highest BCUT2D eigenvalue weighted by Crippen LogP contribution is 2.25. The maximum absolute atomic E-state index is 12.4. The number of aromatic nitrogens is 3. The maximum Gasteiger partial charge on any atom is 0.284 e. The van der Waals surface area contributed by atoms with Crippen molar-refractivity contribution in [1.29, 1.82) is 0 Å². The Morgan fingerprint density at radius 3 is 2.60 bits per heavy atom. The van der Waals surface area contributed by atoms with Crippen LogP contribution in [0, 0.1) is 0 Å². The van der Waals surface area contributed by atoms with Gasteiger partial charge < -0.3 is 11.5 Å². The van der Waals surface area contributed by atoms with Crippen LogP contribution in [-0.2, 0) is 0 Å². The average Bonchev–Trinajstić information content (AvgIpc) is 2.88. The minimum Gasteiger partial charge on any atom is -0.383 e. The Labute approximate surface area is 111 Å². The topological polar surface area (TPSA) is 108 Å². The number of nitrogen functional groups attached to an aromatic ring is 2. The van der Waals surface area contributed by atoms with Crippen LogP contribution in [0.4, 0.5) is 11.6 Å². The Morgan fingerprint density at radius 2 is 1.80 bits per heavy atom. The number of para-hydroxylation sites is 1. The molecule has 4 aromatic rings. The molecule has 0 aliphatic heterocycles. The molecule has 0 radical (unpaired) electrons. The van der Waals surface area contributed by atoms with E-state index in [-0.39, 0.29) is 22.6 Å². The SMILES string of the molecule is Nc1nc2ccccc2c2c1c(=O)n1c(N)cc(=O)n21. The molecule has 7 nitrogen and oxygen atoms in total. The van der Waals surface area contributed by atoms with Gasteiger partial charge in [0.05, 0.1) is 11.0 Å². The minimum atomic E-state index is -0.435. The summed E-state index contributed by atoms with van der Waals surface area (Å²) in [5.74, 6) is 0.179. The van der Waals surface area contributed by atoms with Crippen molar-refractivity contribution in [3.8, 4) is 0 Å². The number of benzene rings is 1. The highest BCUT2D eigenvalue weighted by Gasteiger charge is 2.19. The van der Waals surface area contributed by atoms with Crippen LogP contribution in [0.15, 0.2) is 39.9 Å². The zero-order chi connectivity index (χ0) is 14.0. The summed E-state index contributed by atoms with van der Waals surface area (Å²) < 4.78 is 2.37. The van der Waals surface area contributed by atoms with Crippen LogP contribution in [0.3, 0.4) is 0 Å². The maximum atomic E-state index is 12.4. The van der Waals surface area contributed by atoms with Gasteiger partial charge in [0, 0.05) is 11.5 Å². The summed E-state index contributed by atoms with van der Waals surface area (Å²) in [5.41, 5.74) is 11.8. The number of rotatable bonds is 0. The van der Waals surface area contributed by atoms with E-state index in [1.54, 1.807) is 12.1 Å².